The molecule has 0 unspecified atom stereocenters. The largest absolute Gasteiger partial charge is 0.433 e. The van der Waals surface area contributed by atoms with Gasteiger partial charge in [0.25, 0.3) is 5.56 Å². The van der Waals surface area contributed by atoms with E-state index in [0.29, 0.717) is 16.3 Å². The number of aromatic amines is 1. The molecule has 3 aromatic rings. The second-order valence-corrected chi connectivity index (χ2v) is 5.50. The van der Waals surface area contributed by atoms with E-state index in [4.69, 9.17) is 5.73 Å². The molecule has 0 radical (unpaired) electrons. The van der Waals surface area contributed by atoms with Crippen LogP contribution in [0.15, 0.2) is 39.3 Å². The van der Waals surface area contributed by atoms with E-state index in [2.05, 4.69) is 20.3 Å². The number of benzene rings is 1. The Kier molecular flexibility index (Phi) is 3.82. The maximum absolute atomic E-state index is 13.1. The summed E-state index contributed by atoms with van der Waals surface area (Å²) in [5, 5.41) is 11.6. The minimum atomic E-state index is -4.77. The zero-order chi connectivity index (χ0) is 18.4. The van der Waals surface area contributed by atoms with Gasteiger partial charge < -0.3 is 10.7 Å². The average Bonchev–Trinajstić information content (AvgIpc) is 2.82. The van der Waals surface area contributed by atoms with E-state index in [9.17, 15) is 18.0 Å². The van der Waals surface area contributed by atoms with Gasteiger partial charge in [-0.05, 0) is 31.0 Å². The van der Waals surface area contributed by atoms with Gasteiger partial charge in [0.2, 0.25) is 0 Å². The Morgan fingerprint density at radius 3 is 2.60 bits per heavy atom. The highest BCUT2D eigenvalue weighted by atomic mass is 19.4. The first-order valence-corrected chi connectivity index (χ1v) is 7.14. The maximum Gasteiger partial charge on any atom is 0.433 e. The maximum atomic E-state index is 13.1. The summed E-state index contributed by atoms with van der Waals surface area (Å²) >= 11 is 0. The molecule has 0 fully saturated rings. The molecule has 0 aliphatic heterocycles. The van der Waals surface area contributed by atoms with Crippen LogP contribution in [0, 0.1) is 13.8 Å². The number of nitrogens with one attached hydrogen (secondary N) is 1. The van der Waals surface area contributed by atoms with Crippen molar-refractivity contribution in [3.05, 3.63) is 51.4 Å². The molecule has 3 N–H and O–H groups in total. The molecular formula is C15H13F3N6O. The molecule has 0 aliphatic carbocycles. The van der Waals surface area contributed by atoms with Crippen LogP contribution < -0.4 is 11.3 Å². The third-order valence-corrected chi connectivity index (χ3v) is 3.54. The highest BCUT2D eigenvalue weighted by Crippen LogP contribution is 2.33. The van der Waals surface area contributed by atoms with E-state index in [0.717, 1.165) is 11.1 Å². The Hall–Kier alpha value is -3.17. The predicted octanol–water partition coefficient (Wildman–Crippen LogP) is 3.66. The summed E-state index contributed by atoms with van der Waals surface area (Å²) in [5.41, 5.74) is 5.39. The summed E-state index contributed by atoms with van der Waals surface area (Å²) in [5.74, 6) is -0.276. The molecule has 0 atom stereocenters. The number of hydrogen-bond donors (Lipinski definition) is 2. The highest BCUT2D eigenvalue weighted by Gasteiger charge is 2.35. The normalized spacial score (nSPS) is 12.4. The zero-order valence-electron chi connectivity index (χ0n) is 13.2. The topological polar surface area (TPSA) is 101 Å². The SMILES string of the molecule is Cc1ccc(C)c(N=Nc2c(N)nn3c(C(F)(F)F)cc(=O)[nH]c23)c1. The highest BCUT2D eigenvalue weighted by molar-refractivity contribution is 5.75. The summed E-state index contributed by atoms with van der Waals surface area (Å²) in [6, 6.07) is 5.91. The lowest BCUT2D eigenvalue weighted by Crippen LogP contribution is -2.19. The number of anilines is 1. The van der Waals surface area contributed by atoms with Crippen molar-refractivity contribution in [1.82, 2.24) is 14.6 Å². The van der Waals surface area contributed by atoms with Crippen molar-refractivity contribution in [2.75, 3.05) is 5.73 Å². The first-order chi connectivity index (χ1) is 11.7. The number of nitrogen functional groups attached to an aromatic ring is 1. The van der Waals surface area contributed by atoms with Gasteiger partial charge in [0.15, 0.2) is 22.8 Å². The summed E-state index contributed by atoms with van der Waals surface area (Å²) < 4.78 is 39.7. The lowest BCUT2D eigenvalue weighted by Gasteiger charge is -2.07. The molecule has 0 spiro atoms. The van der Waals surface area contributed by atoms with Gasteiger partial charge in [-0.3, -0.25) is 4.79 Å². The Morgan fingerprint density at radius 2 is 1.92 bits per heavy atom. The number of nitrogens with two attached hydrogens (primary N) is 1. The number of halogens is 3. The van der Waals surface area contributed by atoms with Crippen LogP contribution in [0.5, 0.6) is 0 Å². The number of aromatic nitrogens is 3. The number of azo groups is 1. The summed E-state index contributed by atoms with van der Waals surface area (Å²) in [4.78, 5) is 13.8. The summed E-state index contributed by atoms with van der Waals surface area (Å²) in [7, 11) is 0. The van der Waals surface area contributed by atoms with Crippen LogP contribution in [-0.2, 0) is 6.18 Å². The van der Waals surface area contributed by atoms with Crippen molar-refractivity contribution in [1.29, 1.82) is 0 Å². The van der Waals surface area contributed by atoms with E-state index in [1.165, 1.54) is 0 Å². The smallest absolute Gasteiger partial charge is 0.380 e. The predicted molar refractivity (Wildman–Crippen MR) is 85.3 cm³/mol. The Balaban J connectivity index is 2.19. The molecule has 25 heavy (non-hydrogen) atoms. The molecular weight excluding hydrogens is 337 g/mol. The Labute approximate surface area is 139 Å². The van der Waals surface area contributed by atoms with Crippen molar-refractivity contribution in [3.8, 4) is 0 Å². The van der Waals surface area contributed by atoms with Crippen LogP contribution in [0.4, 0.5) is 30.4 Å². The van der Waals surface area contributed by atoms with Crippen LogP contribution in [-0.4, -0.2) is 14.6 Å². The molecule has 1 aromatic carbocycles. The van der Waals surface area contributed by atoms with Gasteiger partial charge in [0, 0.05) is 6.07 Å². The zero-order valence-corrected chi connectivity index (χ0v) is 13.2. The molecule has 2 heterocycles. The van der Waals surface area contributed by atoms with Gasteiger partial charge in [-0.1, -0.05) is 12.1 Å². The standard InChI is InChI=1S/C15H13F3N6O/c1-7-3-4-8(2)9(5-7)21-22-12-13(19)23-24-10(15(16,17)18)6-11(25)20-14(12)24/h3-6H,1-2H3,(H2,19,23)(H,20,25). The molecule has 0 amide bonds. The van der Waals surface area contributed by atoms with Gasteiger partial charge in [-0.15, -0.1) is 10.2 Å². The van der Waals surface area contributed by atoms with Crippen molar-refractivity contribution in [2.24, 2.45) is 10.2 Å². The fraction of sp³-hybridized carbons (Fsp3) is 0.200. The first-order valence-electron chi connectivity index (χ1n) is 7.14. The number of fused-ring (bicyclic) bond motifs is 1. The lowest BCUT2D eigenvalue weighted by atomic mass is 10.1. The number of hydrogen-bond acceptors (Lipinski definition) is 5. The van der Waals surface area contributed by atoms with E-state index in [-0.39, 0.29) is 17.2 Å². The Bertz CT molecular complexity index is 1050. The monoisotopic (exact) mass is 350 g/mol. The fourth-order valence-corrected chi connectivity index (χ4v) is 2.28. The van der Waals surface area contributed by atoms with Crippen LogP contribution >= 0.6 is 0 Å². The number of rotatable bonds is 2. The Morgan fingerprint density at radius 1 is 1.20 bits per heavy atom. The molecule has 130 valence electrons. The van der Waals surface area contributed by atoms with Crippen LogP contribution in [0.2, 0.25) is 0 Å². The van der Waals surface area contributed by atoms with Crippen molar-refractivity contribution in [3.63, 3.8) is 0 Å². The number of alkyl halides is 3. The minimum absolute atomic E-state index is 0.135. The average molecular weight is 350 g/mol. The molecule has 7 nitrogen and oxygen atoms in total. The number of H-pyrrole nitrogens is 1. The number of aryl methyl sites for hydroxylation is 2. The fourth-order valence-electron chi connectivity index (χ4n) is 2.28. The molecule has 0 saturated heterocycles. The van der Waals surface area contributed by atoms with Gasteiger partial charge in [-0.25, -0.2) is 4.52 Å². The minimum Gasteiger partial charge on any atom is -0.380 e. The summed E-state index contributed by atoms with van der Waals surface area (Å²) in [6.07, 6.45) is -4.77. The van der Waals surface area contributed by atoms with E-state index >= 15 is 0 Å². The quantitative estimate of drug-likeness (QED) is 0.690. The molecule has 0 saturated carbocycles. The van der Waals surface area contributed by atoms with E-state index in [1.54, 1.807) is 6.07 Å². The van der Waals surface area contributed by atoms with Gasteiger partial charge in [0.05, 0.1) is 5.69 Å². The number of nitrogens with zero attached hydrogens (tertiary/aromatic N) is 4. The molecule has 0 aliphatic rings. The molecule has 0 bridgehead atoms. The van der Waals surface area contributed by atoms with E-state index in [1.807, 2.05) is 26.0 Å². The van der Waals surface area contributed by atoms with Crippen LogP contribution in [0.1, 0.15) is 16.8 Å². The van der Waals surface area contributed by atoms with Crippen molar-refractivity contribution < 1.29 is 13.2 Å². The van der Waals surface area contributed by atoms with Crippen LogP contribution in [0.3, 0.4) is 0 Å². The van der Waals surface area contributed by atoms with Crippen LogP contribution in [0.25, 0.3) is 5.65 Å². The molecule has 10 heteroatoms. The third kappa shape index (κ3) is 3.10. The van der Waals surface area contributed by atoms with E-state index < -0.39 is 17.4 Å². The van der Waals surface area contributed by atoms with Crippen molar-refractivity contribution in [2.45, 2.75) is 20.0 Å². The van der Waals surface area contributed by atoms with Gasteiger partial charge >= 0.3 is 6.18 Å². The van der Waals surface area contributed by atoms with Gasteiger partial charge in [-0.2, -0.15) is 18.3 Å². The molecule has 2 aromatic heterocycles. The second-order valence-electron chi connectivity index (χ2n) is 5.50. The van der Waals surface area contributed by atoms with Crippen molar-refractivity contribution >= 4 is 22.8 Å². The lowest BCUT2D eigenvalue weighted by molar-refractivity contribution is -0.142. The third-order valence-electron chi connectivity index (χ3n) is 3.54. The second kappa shape index (κ2) is 5.72. The first kappa shape index (κ1) is 16.7. The summed E-state index contributed by atoms with van der Waals surface area (Å²) in [6.45, 7) is 3.69. The van der Waals surface area contributed by atoms with Gasteiger partial charge in [0.1, 0.15) is 0 Å². The molecule has 3 rings (SSSR count).